The van der Waals surface area contributed by atoms with Crippen LogP contribution in [0.5, 0.6) is 5.75 Å². The van der Waals surface area contributed by atoms with Crippen LogP contribution in [0.15, 0.2) is 71.9 Å². The van der Waals surface area contributed by atoms with Crippen LogP contribution in [0.2, 0.25) is 10.0 Å². The van der Waals surface area contributed by atoms with Crippen molar-refractivity contribution >= 4 is 62.8 Å². The second-order valence-electron chi connectivity index (χ2n) is 10.3. The quantitative estimate of drug-likeness (QED) is 0.143. The Morgan fingerprint density at radius 2 is 1.89 bits per heavy atom. The summed E-state index contributed by atoms with van der Waals surface area (Å²) in [4.78, 5) is 28.1. The first kappa shape index (κ1) is 33.6. The van der Waals surface area contributed by atoms with E-state index >= 15 is 0 Å². The van der Waals surface area contributed by atoms with Gasteiger partial charge in [-0.2, -0.15) is 13.5 Å². The van der Waals surface area contributed by atoms with Gasteiger partial charge in [0.15, 0.2) is 0 Å². The Labute approximate surface area is 280 Å². The van der Waals surface area contributed by atoms with Crippen molar-refractivity contribution in [3.8, 4) is 16.9 Å². The number of hydrogen-bond acceptors (Lipinski definition) is 8. The second kappa shape index (κ2) is 14.8. The summed E-state index contributed by atoms with van der Waals surface area (Å²) in [6.07, 6.45) is 3.12. The number of amides is 2. The third-order valence-corrected chi connectivity index (χ3v) is 9.68. The molecule has 0 unspecified atom stereocenters. The van der Waals surface area contributed by atoms with Crippen molar-refractivity contribution in [3.05, 3.63) is 93.7 Å². The molecule has 2 heterocycles. The predicted octanol–water partition coefficient (Wildman–Crippen LogP) is 5.96. The molecule has 0 saturated carbocycles. The first-order chi connectivity index (χ1) is 22.0. The van der Waals surface area contributed by atoms with Crippen LogP contribution >= 0.6 is 35.0 Å². The van der Waals surface area contributed by atoms with E-state index in [1.54, 1.807) is 51.8 Å². The average molecular weight is 706 g/mol. The smallest absolute Gasteiger partial charge is 0.414 e. The van der Waals surface area contributed by atoms with E-state index in [0.717, 1.165) is 27.3 Å². The molecule has 1 aliphatic heterocycles. The number of nitrogens with one attached hydrogen (secondary N) is 1. The molecule has 1 aromatic heterocycles. The normalized spacial score (nSPS) is 12.8. The maximum Gasteiger partial charge on any atom is 0.414 e. The van der Waals surface area contributed by atoms with Crippen LogP contribution < -0.4 is 15.0 Å². The second-order valence-corrected chi connectivity index (χ2v) is 13.7. The molecular weight excluding hydrogens is 675 g/mol. The van der Waals surface area contributed by atoms with E-state index in [1.807, 2.05) is 37.4 Å². The molecule has 2 amide bonds. The molecule has 0 radical (unpaired) electrons. The topological polar surface area (TPSA) is 140 Å². The molecule has 0 spiro atoms. The van der Waals surface area contributed by atoms with E-state index in [-0.39, 0.29) is 31.9 Å². The van der Waals surface area contributed by atoms with E-state index < -0.39 is 27.9 Å². The van der Waals surface area contributed by atoms with Crippen LogP contribution in [-0.2, 0) is 21.4 Å². The number of thioether (sulfide) groups is 1. The molecular formula is C31H30Cl2N4O7S2. The van der Waals surface area contributed by atoms with Crippen molar-refractivity contribution in [3.63, 3.8) is 0 Å². The molecule has 3 aromatic carbocycles. The van der Waals surface area contributed by atoms with Gasteiger partial charge in [-0.05, 0) is 48.9 Å². The highest BCUT2D eigenvalue weighted by atomic mass is 35.5. The lowest BCUT2D eigenvalue weighted by Gasteiger charge is -2.29. The average Bonchev–Trinajstić information content (AvgIpc) is 3.49. The lowest BCUT2D eigenvalue weighted by atomic mass is 10.1. The van der Waals surface area contributed by atoms with Gasteiger partial charge in [0.1, 0.15) is 19.0 Å². The number of aromatic nitrogens is 2. The predicted molar refractivity (Wildman–Crippen MR) is 178 cm³/mol. The van der Waals surface area contributed by atoms with E-state index in [9.17, 15) is 18.0 Å². The zero-order valence-corrected chi connectivity index (χ0v) is 27.8. The number of hydrogen-bond donors (Lipinski definition) is 2. The van der Waals surface area contributed by atoms with Crippen LogP contribution in [0.25, 0.3) is 11.1 Å². The molecule has 0 saturated heterocycles. The molecule has 1 aliphatic rings. The monoisotopic (exact) mass is 704 g/mol. The first-order valence-electron chi connectivity index (χ1n) is 14.1. The van der Waals surface area contributed by atoms with E-state index in [4.69, 9.17) is 37.2 Å². The molecule has 0 atom stereocenters. The van der Waals surface area contributed by atoms with Gasteiger partial charge in [-0.3, -0.25) is 18.9 Å². The van der Waals surface area contributed by atoms with Gasteiger partial charge in [-0.25, -0.2) is 4.79 Å². The van der Waals surface area contributed by atoms with E-state index in [0.29, 0.717) is 33.7 Å². The third kappa shape index (κ3) is 8.34. The number of benzene rings is 3. The van der Waals surface area contributed by atoms with Crippen molar-refractivity contribution < 1.29 is 32.0 Å². The highest BCUT2D eigenvalue weighted by Crippen LogP contribution is 2.42. The number of rotatable bonds is 11. The fourth-order valence-electron chi connectivity index (χ4n) is 4.76. The Morgan fingerprint density at radius 3 is 2.70 bits per heavy atom. The van der Waals surface area contributed by atoms with Gasteiger partial charge in [0.25, 0.3) is 16.0 Å². The minimum Gasteiger partial charge on any atom is -0.490 e. The van der Waals surface area contributed by atoms with Gasteiger partial charge in [0, 0.05) is 62.2 Å². The molecule has 46 heavy (non-hydrogen) atoms. The number of carbonyl (C=O) groups is 2. The van der Waals surface area contributed by atoms with Crippen molar-refractivity contribution in [2.24, 2.45) is 0 Å². The van der Waals surface area contributed by atoms with Crippen LogP contribution in [-0.4, -0.2) is 72.6 Å². The molecule has 11 nitrogen and oxygen atoms in total. The van der Waals surface area contributed by atoms with Crippen LogP contribution in [0.3, 0.4) is 0 Å². The van der Waals surface area contributed by atoms with Crippen LogP contribution in [0.4, 0.5) is 10.5 Å². The number of fused-ring (bicyclic) bond motifs is 1. The summed E-state index contributed by atoms with van der Waals surface area (Å²) in [7, 11) is -4.19. The zero-order valence-electron chi connectivity index (χ0n) is 24.6. The van der Waals surface area contributed by atoms with E-state index in [1.165, 1.54) is 6.07 Å². The minimum absolute atomic E-state index is 0.0756. The Hall–Kier alpha value is -3.75. The fourth-order valence-corrected chi connectivity index (χ4v) is 6.61. The standard InChI is InChI=1S/C31H30Cl2N4O7S2/c1-20-25(32)5-3-7-28(20)43-12-13-44-31(39)37-11-14-45-29-24(4-2-6-27(29)37)23-17-35-36(19-23)18-22-16-21(8-9-26(22)33)30(38)34-10-15-46(40,41)42/h2-9,16-17,19H,10-15,18H2,1H3,(H,34,38)(H,40,41,42). The van der Waals surface area contributed by atoms with Crippen molar-refractivity contribution in [1.29, 1.82) is 0 Å². The van der Waals surface area contributed by atoms with Crippen LogP contribution in [0, 0.1) is 6.92 Å². The first-order valence-corrected chi connectivity index (χ1v) is 17.5. The summed E-state index contributed by atoms with van der Waals surface area (Å²) in [6, 6.07) is 15.9. The Kier molecular flexibility index (Phi) is 10.8. The fraction of sp³-hybridized carbons (Fsp3) is 0.258. The van der Waals surface area contributed by atoms with Crippen LogP contribution in [0.1, 0.15) is 21.5 Å². The largest absolute Gasteiger partial charge is 0.490 e. The van der Waals surface area contributed by atoms with Crippen molar-refractivity contribution in [2.75, 3.05) is 42.7 Å². The Balaban J connectivity index is 1.24. The lowest BCUT2D eigenvalue weighted by molar-refractivity contribution is 0.0956. The molecule has 242 valence electrons. The summed E-state index contributed by atoms with van der Waals surface area (Å²) in [5.41, 5.74) is 4.22. The van der Waals surface area contributed by atoms with E-state index in [2.05, 4.69) is 10.4 Å². The summed E-state index contributed by atoms with van der Waals surface area (Å²) in [5.74, 6) is 0.236. The van der Waals surface area contributed by atoms with Gasteiger partial charge >= 0.3 is 6.09 Å². The summed E-state index contributed by atoms with van der Waals surface area (Å²) >= 11 is 14.2. The number of nitrogens with zero attached hydrogens (tertiary/aromatic N) is 3. The zero-order chi connectivity index (χ0) is 32.8. The van der Waals surface area contributed by atoms with Gasteiger partial charge in [0.05, 0.1) is 24.2 Å². The Bertz CT molecular complexity index is 1870. The number of anilines is 1. The minimum atomic E-state index is -4.19. The van der Waals surface area contributed by atoms with Gasteiger partial charge in [-0.1, -0.05) is 41.4 Å². The number of ether oxygens (including phenoxy) is 2. The number of carbonyl (C=O) groups excluding carboxylic acids is 2. The van der Waals surface area contributed by atoms with Crippen molar-refractivity contribution in [2.45, 2.75) is 18.4 Å². The molecule has 2 N–H and O–H groups in total. The third-order valence-electron chi connectivity index (χ3n) is 7.08. The maximum atomic E-state index is 13.1. The molecule has 4 aromatic rings. The molecule has 5 rings (SSSR count). The molecule has 15 heteroatoms. The van der Waals surface area contributed by atoms with Gasteiger partial charge in [0.2, 0.25) is 0 Å². The Morgan fingerprint density at radius 1 is 1.09 bits per heavy atom. The summed E-state index contributed by atoms with van der Waals surface area (Å²) < 4.78 is 43.7. The SMILES string of the molecule is Cc1c(Cl)cccc1OCCOC(=O)N1CCSc2c(-c3cnn(Cc4cc(C(=O)NCCS(=O)(=O)O)ccc4Cl)c3)cccc21. The molecule has 0 aliphatic carbocycles. The maximum absolute atomic E-state index is 13.1. The van der Waals surface area contributed by atoms with Crippen molar-refractivity contribution in [1.82, 2.24) is 15.1 Å². The summed E-state index contributed by atoms with van der Waals surface area (Å²) in [6.45, 7) is 2.65. The van der Waals surface area contributed by atoms with Gasteiger partial charge in [-0.15, -0.1) is 11.8 Å². The lowest BCUT2D eigenvalue weighted by Crippen LogP contribution is -2.36. The highest BCUT2D eigenvalue weighted by Gasteiger charge is 2.27. The van der Waals surface area contributed by atoms with Gasteiger partial charge < -0.3 is 14.8 Å². The molecule has 0 bridgehead atoms. The number of halogens is 2. The summed E-state index contributed by atoms with van der Waals surface area (Å²) in [5, 5.41) is 8.00. The highest BCUT2D eigenvalue weighted by molar-refractivity contribution is 7.99. The molecule has 0 fully saturated rings.